The average molecular weight is 251 g/mol. The number of hydrogen-bond acceptors (Lipinski definition) is 1. The van der Waals surface area contributed by atoms with Crippen molar-refractivity contribution in [2.75, 3.05) is 7.11 Å². The smallest absolute Gasteiger partial charge is 0.416 e. The molecule has 0 unspecified atom stereocenters. The van der Waals surface area contributed by atoms with Crippen LogP contribution in [0, 0.1) is 6.07 Å². The average Bonchev–Trinajstić information content (AvgIpc) is 2.38. The first kappa shape index (κ1) is 12.5. The van der Waals surface area contributed by atoms with Crippen molar-refractivity contribution in [2.45, 2.75) is 6.18 Å². The van der Waals surface area contributed by atoms with Crippen LogP contribution in [0.3, 0.4) is 0 Å². The van der Waals surface area contributed by atoms with Crippen molar-refractivity contribution in [3.8, 4) is 16.9 Å². The van der Waals surface area contributed by atoms with Crippen molar-refractivity contribution in [1.82, 2.24) is 0 Å². The second kappa shape index (κ2) is 4.72. The van der Waals surface area contributed by atoms with Gasteiger partial charge in [0.05, 0.1) is 12.7 Å². The Morgan fingerprint density at radius 1 is 1.06 bits per heavy atom. The summed E-state index contributed by atoms with van der Waals surface area (Å²) in [5.41, 5.74) is 0.404. The van der Waals surface area contributed by atoms with Crippen LogP contribution >= 0.6 is 0 Å². The Balaban J connectivity index is 2.38. The fourth-order valence-electron chi connectivity index (χ4n) is 1.58. The van der Waals surface area contributed by atoms with Crippen LogP contribution in [0.4, 0.5) is 13.2 Å². The number of benzene rings is 2. The molecule has 0 N–H and O–H groups in total. The lowest BCUT2D eigenvalue weighted by atomic mass is 10.0. The highest BCUT2D eigenvalue weighted by atomic mass is 19.4. The molecule has 2 aromatic rings. The fourth-order valence-corrected chi connectivity index (χ4v) is 1.58. The molecule has 93 valence electrons. The number of hydrogen-bond donors (Lipinski definition) is 0. The molecule has 18 heavy (non-hydrogen) atoms. The summed E-state index contributed by atoms with van der Waals surface area (Å²) in [7, 11) is 1.53. The zero-order chi connectivity index (χ0) is 13.2. The van der Waals surface area contributed by atoms with E-state index in [4.69, 9.17) is 4.74 Å². The molecule has 2 rings (SSSR count). The van der Waals surface area contributed by atoms with Gasteiger partial charge in [0.15, 0.2) is 0 Å². The van der Waals surface area contributed by atoms with Gasteiger partial charge in [0, 0.05) is 0 Å². The van der Waals surface area contributed by atoms with Crippen LogP contribution in [0.1, 0.15) is 5.56 Å². The zero-order valence-electron chi connectivity index (χ0n) is 9.58. The van der Waals surface area contributed by atoms with Crippen LogP contribution in [0.15, 0.2) is 42.5 Å². The first-order valence-electron chi connectivity index (χ1n) is 5.24. The molecule has 2 aromatic carbocycles. The molecule has 0 heterocycles. The van der Waals surface area contributed by atoms with Gasteiger partial charge in [-0.15, -0.1) is 0 Å². The largest absolute Gasteiger partial charge is 0.497 e. The number of alkyl halides is 3. The molecule has 4 heteroatoms. The minimum atomic E-state index is -4.34. The Morgan fingerprint density at radius 2 is 1.72 bits per heavy atom. The molecule has 0 aliphatic rings. The third kappa shape index (κ3) is 2.64. The van der Waals surface area contributed by atoms with Gasteiger partial charge in [0.25, 0.3) is 0 Å². The molecule has 0 aromatic heterocycles. The summed E-state index contributed by atoms with van der Waals surface area (Å²) in [5.74, 6) is 0.658. The predicted octanol–water partition coefficient (Wildman–Crippen LogP) is 4.18. The van der Waals surface area contributed by atoms with Gasteiger partial charge in [-0.25, -0.2) is 0 Å². The predicted molar refractivity (Wildman–Crippen MR) is 62.3 cm³/mol. The van der Waals surface area contributed by atoms with Crippen LogP contribution < -0.4 is 4.74 Å². The Labute approximate surface area is 103 Å². The van der Waals surface area contributed by atoms with Crippen molar-refractivity contribution >= 4 is 0 Å². The maximum absolute atomic E-state index is 12.6. The Hall–Kier alpha value is -1.97. The lowest BCUT2D eigenvalue weighted by Crippen LogP contribution is -2.04. The summed E-state index contributed by atoms with van der Waals surface area (Å²) in [6.45, 7) is 0. The van der Waals surface area contributed by atoms with Crippen molar-refractivity contribution in [3.63, 3.8) is 0 Å². The molecule has 0 aliphatic heterocycles. The van der Waals surface area contributed by atoms with E-state index in [9.17, 15) is 13.2 Å². The standard InChI is InChI=1S/C14H10F3O/c1-18-13-7-5-10(6-8-13)11-3-2-4-12(9-11)14(15,16)17/h2,4-9H,1H3. The zero-order valence-corrected chi connectivity index (χ0v) is 9.58. The van der Waals surface area contributed by atoms with Crippen LogP contribution in [0.25, 0.3) is 11.1 Å². The lowest BCUT2D eigenvalue weighted by Gasteiger charge is -2.09. The topological polar surface area (TPSA) is 9.23 Å². The van der Waals surface area contributed by atoms with Crippen LogP contribution in [-0.2, 0) is 6.18 Å². The molecule has 0 aliphatic carbocycles. The van der Waals surface area contributed by atoms with Gasteiger partial charge in [-0.3, -0.25) is 0 Å². The van der Waals surface area contributed by atoms with Gasteiger partial charge in [-0.2, -0.15) is 13.2 Å². The van der Waals surface area contributed by atoms with E-state index in [2.05, 4.69) is 6.07 Å². The first-order chi connectivity index (χ1) is 8.50. The summed E-state index contributed by atoms with van der Waals surface area (Å²) in [4.78, 5) is 0. The summed E-state index contributed by atoms with van der Waals surface area (Å²) in [6, 6.07) is 13.0. The fraction of sp³-hybridized carbons (Fsp3) is 0.143. The molecule has 1 radical (unpaired) electrons. The van der Waals surface area contributed by atoms with Crippen LogP contribution in [-0.4, -0.2) is 7.11 Å². The minimum Gasteiger partial charge on any atom is -0.497 e. The van der Waals surface area contributed by atoms with Gasteiger partial charge < -0.3 is 4.74 Å². The van der Waals surface area contributed by atoms with E-state index in [-0.39, 0.29) is 0 Å². The lowest BCUT2D eigenvalue weighted by molar-refractivity contribution is -0.137. The van der Waals surface area contributed by atoms with E-state index in [1.165, 1.54) is 13.2 Å². The van der Waals surface area contributed by atoms with E-state index in [0.717, 1.165) is 12.1 Å². The molecule has 0 atom stereocenters. The quantitative estimate of drug-likeness (QED) is 0.778. The maximum atomic E-state index is 12.6. The summed E-state index contributed by atoms with van der Waals surface area (Å²) < 4.78 is 42.7. The van der Waals surface area contributed by atoms with Crippen LogP contribution in [0.5, 0.6) is 5.75 Å². The van der Waals surface area contributed by atoms with Crippen molar-refractivity contribution in [3.05, 3.63) is 54.1 Å². The summed E-state index contributed by atoms with van der Waals surface area (Å²) >= 11 is 0. The van der Waals surface area contributed by atoms with E-state index in [0.29, 0.717) is 16.9 Å². The Bertz CT molecular complexity index is 529. The van der Waals surface area contributed by atoms with Gasteiger partial charge in [0.2, 0.25) is 0 Å². The van der Waals surface area contributed by atoms with Gasteiger partial charge in [-0.05, 0) is 41.5 Å². The first-order valence-corrected chi connectivity index (χ1v) is 5.24. The number of rotatable bonds is 2. The molecular weight excluding hydrogens is 241 g/mol. The minimum absolute atomic E-state index is 0.410. The second-order valence-electron chi connectivity index (χ2n) is 3.72. The normalized spacial score (nSPS) is 11.3. The molecular formula is C14H10F3O. The third-order valence-corrected chi connectivity index (χ3v) is 2.53. The van der Waals surface area contributed by atoms with Gasteiger partial charge >= 0.3 is 6.18 Å². The SMILES string of the molecule is COc1ccc(-c2[c]ccc(C(F)(F)F)c2)cc1. The summed E-state index contributed by atoms with van der Waals surface area (Å²) in [5, 5.41) is 0. The Kier molecular flexibility index (Phi) is 3.28. The van der Waals surface area contributed by atoms with Crippen LogP contribution in [0.2, 0.25) is 0 Å². The maximum Gasteiger partial charge on any atom is 0.416 e. The number of methoxy groups -OCH3 is 1. The van der Waals surface area contributed by atoms with Crippen molar-refractivity contribution in [2.24, 2.45) is 0 Å². The second-order valence-corrected chi connectivity index (χ2v) is 3.72. The molecule has 0 fully saturated rings. The van der Waals surface area contributed by atoms with E-state index < -0.39 is 11.7 Å². The third-order valence-electron chi connectivity index (χ3n) is 2.53. The molecule has 0 spiro atoms. The molecule has 0 bridgehead atoms. The highest BCUT2D eigenvalue weighted by Crippen LogP contribution is 2.32. The number of halogens is 3. The van der Waals surface area contributed by atoms with Gasteiger partial charge in [0.1, 0.15) is 5.75 Å². The van der Waals surface area contributed by atoms with E-state index >= 15 is 0 Å². The van der Waals surface area contributed by atoms with Gasteiger partial charge in [-0.1, -0.05) is 18.2 Å². The highest BCUT2D eigenvalue weighted by molar-refractivity contribution is 5.64. The van der Waals surface area contributed by atoms with E-state index in [1.54, 1.807) is 24.3 Å². The molecule has 0 saturated carbocycles. The number of ether oxygens (including phenoxy) is 1. The molecule has 0 saturated heterocycles. The van der Waals surface area contributed by atoms with Crippen molar-refractivity contribution < 1.29 is 17.9 Å². The van der Waals surface area contributed by atoms with Crippen molar-refractivity contribution in [1.29, 1.82) is 0 Å². The Morgan fingerprint density at radius 3 is 2.28 bits per heavy atom. The molecule has 0 amide bonds. The highest BCUT2D eigenvalue weighted by Gasteiger charge is 2.30. The monoisotopic (exact) mass is 251 g/mol. The summed E-state index contributed by atoms with van der Waals surface area (Å²) in [6.07, 6.45) is -4.34. The molecule has 1 nitrogen and oxygen atoms in total. The van der Waals surface area contributed by atoms with E-state index in [1.807, 2.05) is 0 Å².